The van der Waals surface area contributed by atoms with Crippen LogP contribution in [-0.2, 0) is 0 Å². The molecule has 0 amide bonds. The molecule has 1 heteroatoms. The van der Waals surface area contributed by atoms with Crippen molar-refractivity contribution in [3.8, 4) is 11.1 Å². The average molecular weight is 315 g/mol. The second-order valence-corrected chi connectivity index (χ2v) is 10.8. The van der Waals surface area contributed by atoms with Crippen LogP contribution in [0.15, 0.2) is 72.8 Å². The Morgan fingerprint density at radius 1 is 0.696 bits per heavy atom. The molecule has 0 aliphatic carbocycles. The largest absolute Gasteiger partial charge is 0.147 e. The second-order valence-electron chi connectivity index (χ2n) is 6.96. The Labute approximate surface area is 139 Å². The molecule has 0 fully saturated rings. The molecule has 1 heterocycles. The number of hydrogen-bond donors (Lipinski definition) is 0. The van der Waals surface area contributed by atoms with E-state index in [1.807, 2.05) is 0 Å². The third kappa shape index (κ3) is 1.96. The maximum absolute atomic E-state index is 2.53. The molecule has 1 unspecified atom stereocenters. The monoisotopic (exact) mass is 314 g/mol. The lowest BCUT2D eigenvalue weighted by molar-refractivity contribution is 0.873. The molecule has 3 aromatic rings. The van der Waals surface area contributed by atoms with E-state index in [0.29, 0.717) is 5.92 Å². The van der Waals surface area contributed by atoms with Gasteiger partial charge < -0.3 is 0 Å². The van der Waals surface area contributed by atoms with E-state index in [1.165, 1.54) is 21.9 Å². The highest BCUT2D eigenvalue weighted by molar-refractivity contribution is 7.13. The maximum Gasteiger partial charge on any atom is 0.147 e. The van der Waals surface area contributed by atoms with Crippen molar-refractivity contribution >= 4 is 23.6 Å². The lowest BCUT2D eigenvalue weighted by Crippen LogP contribution is -2.63. The van der Waals surface area contributed by atoms with Crippen molar-refractivity contribution in [1.82, 2.24) is 0 Å². The first kappa shape index (κ1) is 14.5. The summed E-state index contributed by atoms with van der Waals surface area (Å²) in [4.78, 5) is 0. The fourth-order valence-electron chi connectivity index (χ4n) is 4.19. The standard InChI is InChI=1S/C22H22Si/c1-16(2)18-13-9-14-20-19-12-7-8-15-21(19)23(3,22(18)20)17-10-5-4-6-11-17/h4-16H,1-3H3. The summed E-state index contributed by atoms with van der Waals surface area (Å²) in [6.07, 6.45) is 0. The van der Waals surface area contributed by atoms with Crippen LogP contribution in [-0.4, -0.2) is 8.07 Å². The van der Waals surface area contributed by atoms with Crippen LogP contribution >= 0.6 is 0 Å². The van der Waals surface area contributed by atoms with E-state index >= 15 is 0 Å². The molecule has 114 valence electrons. The van der Waals surface area contributed by atoms with E-state index in [2.05, 4.69) is 93.2 Å². The molecule has 1 atom stereocenters. The van der Waals surface area contributed by atoms with Crippen molar-refractivity contribution in [1.29, 1.82) is 0 Å². The highest BCUT2D eigenvalue weighted by Crippen LogP contribution is 2.31. The van der Waals surface area contributed by atoms with Crippen LogP contribution < -0.4 is 15.6 Å². The van der Waals surface area contributed by atoms with Gasteiger partial charge in [0.2, 0.25) is 0 Å². The minimum absolute atomic E-state index is 0.551. The summed E-state index contributed by atoms with van der Waals surface area (Å²) in [7, 11) is -1.91. The van der Waals surface area contributed by atoms with Gasteiger partial charge in [0, 0.05) is 0 Å². The molecule has 0 N–H and O–H groups in total. The highest BCUT2D eigenvalue weighted by atomic mass is 28.3. The fourth-order valence-corrected chi connectivity index (χ4v) is 8.81. The van der Waals surface area contributed by atoms with Gasteiger partial charge in [0.25, 0.3) is 0 Å². The number of fused-ring (bicyclic) bond motifs is 3. The molecule has 0 spiro atoms. The molecule has 23 heavy (non-hydrogen) atoms. The van der Waals surface area contributed by atoms with Gasteiger partial charge in [-0.2, -0.15) is 0 Å². The summed E-state index contributed by atoms with van der Waals surface area (Å²) < 4.78 is 0. The van der Waals surface area contributed by atoms with Crippen molar-refractivity contribution in [3.05, 3.63) is 78.4 Å². The van der Waals surface area contributed by atoms with Gasteiger partial charge in [-0.3, -0.25) is 0 Å². The molecule has 4 rings (SSSR count). The first-order valence-corrected chi connectivity index (χ1v) is 10.9. The van der Waals surface area contributed by atoms with Gasteiger partial charge in [-0.05, 0) is 38.2 Å². The topological polar surface area (TPSA) is 0 Å². The molecule has 0 bridgehead atoms. The summed E-state index contributed by atoms with van der Waals surface area (Å²) in [6.45, 7) is 7.16. The summed E-state index contributed by atoms with van der Waals surface area (Å²) >= 11 is 0. The number of benzene rings is 3. The zero-order valence-electron chi connectivity index (χ0n) is 14.0. The van der Waals surface area contributed by atoms with Crippen molar-refractivity contribution in [2.45, 2.75) is 26.3 Å². The van der Waals surface area contributed by atoms with Crippen LogP contribution in [0.1, 0.15) is 25.3 Å². The van der Waals surface area contributed by atoms with Gasteiger partial charge in [0.05, 0.1) is 0 Å². The maximum atomic E-state index is 2.53. The highest BCUT2D eigenvalue weighted by Gasteiger charge is 2.44. The third-order valence-electron chi connectivity index (χ3n) is 5.33. The van der Waals surface area contributed by atoms with Crippen molar-refractivity contribution < 1.29 is 0 Å². The molecule has 1 aliphatic heterocycles. The Kier molecular flexibility index (Phi) is 3.28. The van der Waals surface area contributed by atoms with Crippen LogP contribution in [0.25, 0.3) is 11.1 Å². The predicted octanol–water partition coefficient (Wildman–Crippen LogP) is 3.89. The van der Waals surface area contributed by atoms with E-state index in [0.717, 1.165) is 0 Å². The van der Waals surface area contributed by atoms with Crippen molar-refractivity contribution in [2.24, 2.45) is 0 Å². The van der Waals surface area contributed by atoms with E-state index < -0.39 is 8.07 Å². The zero-order valence-corrected chi connectivity index (χ0v) is 15.0. The Bertz CT molecular complexity index is 864. The molecule has 0 saturated heterocycles. The number of hydrogen-bond acceptors (Lipinski definition) is 0. The average Bonchev–Trinajstić information content (AvgIpc) is 2.87. The van der Waals surface area contributed by atoms with Crippen LogP contribution in [0.2, 0.25) is 6.55 Å². The van der Waals surface area contributed by atoms with E-state index in [9.17, 15) is 0 Å². The van der Waals surface area contributed by atoms with E-state index in [4.69, 9.17) is 0 Å². The Morgan fingerprint density at radius 2 is 1.35 bits per heavy atom. The SMILES string of the molecule is CC(C)c1cccc2c1[Si](C)(c1ccccc1)c1ccccc1-2. The molecular formula is C22H22Si. The van der Waals surface area contributed by atoms with Gasteiger partial charge >= 0.3 is 0 Å². The van der Waals surface area contributed by atoms with Crippen LogP contribution in [0.4, 0.5) is 0 Å². The van der Waals surface area contributed by atoms with Gasteiger partial charge in [-0.1, -0.05) is 93.2 Å². The molecular weight excluding hydrogens is 292 g/mol. The lowest BCUT2D eigenvalue weighted by atomic mass is 9.97. The van der Waals surface area contributed by atoms with E-state index in [-0.39, 0.29) is 0 Å². The van der Waals surface area contributed by atoms with Gasteiger partial charge in [-0.25, -0.2) is 0 Å². The zero-order chi connectivity index (χ0) is 16.0. The summed E-state index contributed by atoms with van der Waals surface area (Å²) in [5, 5.41) is 4.70. The molecule has 1 aliphatic rings. The second kappa shape index (κ2) is 5.21. The Hall–Kier alpha value is -2.12. The van der Waals surface area contributed by atoms with Crippen LogP contribution in [0.3, 0.4) is 0 Å². The minimum Gasteiger partial charge on any atom is -0.0624 e. The van der Waals surface area contributed by atoms with Crippen LogP contribution in [0.5, 0.6) is 0 Å². The normalized spacial score (nSPS) is 18.8. The molecule has 0 radical (unpaired) electrons. The summed E-state index contributed by atoms with van der Waals surface area (Å²) in [6, 6.07) is 27.1. The molecule has 0 saturated carbocycles. The molecule has 0 aromatic heterocycles. The lowest BCUT2D eigenvalue weighted by Gasteiger charge is -2.28. The summed E-state index contributed by atoms with van der Waals surface area (Å²) in [5.41, 5.74) is 4.43. The fraction of sp³-hybridized carbons (Fsp3) is 0.182. The minimum atomic E-state index is -1.91. The summed E-state index contributed by atoms with van der Waals surface area (Å²) in [5.74, 6) is 0.551. The number of rotatable bonds is 2. The van der Waals surface area contributed by atoms with Gasteiger partial charge in [0.15, 0.2) is 0 Å². The first-order chi connectivity index (χ1) is 11.1. The molecule has 0 nitrogen and oxygen atoms in total. The van der Waals surface area contributed by atoms with Crippen molar-refractivity contribution in [2.75, 3.05) is 0 Å². The third-order valence-corrected chi connectivity index (χ3v) is 9.89. The van der Waals surface area contributed by atoms with E-state index in [1.54, 1.807) is 10.4 Å². The van der Waals surface area contributed by atoms with Gasteiger partial charge in [-0.15, -0.1) is 0 Å². The Balaban J connectivity index is 2.12. The first-order valence-electron chi connectivity index (χ1n) is 8.43. The van der Waals surface area contributed by atoms with Crippen LogP contribution in [0, 0.1) is 0 Å². The smallest absolute Gasteiger partial charge is 0.0624 e. The quantitative estimate of drug-likeness (QED) is 0.630. The Morgan fingerprint density at radius 3 is 2.09 bits per heavy atom. The van der Waals surface area contributed by atoms with Crippen molar-refractivity contribution in [3.63, 3.8) is 0 Å². The molecule has 3 aromatic carbocycles. The van der Waals surface area contributed by atoms with Gasteiger partial charge in [0.1, 0.15) is 8.07 Å². The predicted molar refractivity (Wildman–Crippen MR) is 103 cm³/mol.